The van der Waals surface area contributed by atoms with Gasteiger partial charge in [-0.2, -0.15) is 0 Å². The lowest BCUT2D eigenvalue weighted by molar-refractivity contribution is -0.144. The molecule has 0 unspecified atom stereocenters. The zero-order valence-corrected chi connectivity index (χ0v) is 14.6. The van der Waals surface area contributed by atoms with E-state index in [-0.39, 0.29) is 12.3 Å². The number of methoxy groups -OCH3 is 2. The Kier molecular flexibility index (Phi) is 4.85. The molecule has 2 aliphatic heterocycles. The first-order chi connectivity index (χ1) is 12.0. The van der Waals surface area contributed by atoms with E-state index < -0.39 is 17.4 Å². The van der Waals surface area contributed by atoms with Crippen LogP contribution in [0.25, 0.3) is 0 Å². The molecule has 0 aliphatic carbocycles. The molecule has 1 spiro atoms. The van der Waals surface area contributed by atoms with Gasteiger partial charge in [0, 0.05) is 37.7 Å². The van der Waals surface area contributed by atoms with Crippen molar-refractivity contribution in [2.45, 2.75) is 31.3 Å². The predicted molar refractivity (Wildman–Crippen MR) is 90.7 cm³/mol. The van der Waals surface area contributed by atoms with Crippen LogP contribution in [-0.2, 0) is 16.1 Å². The highest BCUT2D eigenvalue weighted by atomic mass is 16.5. The summed E-state index contributed by atoms with van der Waals surface area (Å²) in [7, 11) is 3.25. The molecule has 0 bridgehead atoms. The largest absolute Gasteiger partial charge is 0.497 e. The minimum atomic E-state index is -0.886. The van der Waals surface area contributed by atoms with Gasteiger partial charge in [-0.25, -0.2) is 0 Å². The number of carbonyl (C=O) groups excluding carboxylic acids is 1. The molecule has 2 fully saturated rings. The van der Waals surface area contributed by atoms with Crippen molar-refractivity contribution in [1.29, 1.82) is 0 Å². The molecule has 2 saturated heterocycles. The van der Waals surface area contributed by atoms with Crippen molar-refractivity contribution in [3.63, 3.8) is 0 Å². The molecule has 0 aromatic heterocycles. The molecule has 1 atom stereocenters. The molecule has 25 heavy (non-hydrogen) atoms. The second kappa shape index (κ2) is 6.92. The van der Waals surface area contributed by atoms with Gasteiger partial charge in [-0.1, -0.05) is 6.07 Å². The number of aliphatic carboxylic acids is 1. The van der Waals surface area contributed by atoms with Gasteiger partial charge in [-0.15, -0.1) is 0 Å². The smallest absolute Gasteiger partial charge is 0.309 e. The zero-order valence-electron chi connectivity index (χ0n) is 14.6. The number of amides is 1. The van der Waals surface area contributed by atoms with E-state index in [2.05, 4.69) is 10.2 Å². The molecule has 2 aliphatic rings. The summed E-state index contributed by atoms with van der Waals surface area (Å²) in [6, 6.07) is 5.75. The van der Waals surface area contributed by atoms with E-state index in [1.54, 1.807) is 14.2 Å². The van der Waals surface area contributed by atoms with Crippen molar-refractivity contribution in [3.05, 3.63) is 23.8 Å². The fraction of sp³-hybridized carbons (Fsp3) is 0.556. The molecule has 7 heteroatoms. The summed E-state index contributed by atoms with van der Waals surface area (Å²) in [4.78, 5) is 25.5. The summed E-state index contributed by atoms with van der Waals surface area (Å²) >= 11 is 0. The van der Waals surface area contributed by atoms with Crippen molar-refractivity contribution in [1.82, 2.24) is 10.2 Å². The van der Waals surface area contributed by atoms with Crippen LogP contribution in [0.5, 0.6) is 11.5 Å². The number of nitrogens with zero attached hydrogens (tertiary/aromatic N) is 1. The molecular formula is C18H24N2O5. The maximum absolute atomic E-state index is 11.7. The predicted octanol–water partition coefficient (Wildman–Crippen LogP) is 1.26. The number of benzene rings is 1. The van der Waals surface area contributed by atoms with Crippen molar-refractivity contribution >= 4 is 11.9 Å². The van der Waals surface area contributed by atoms with Gasteiger partial charge in [-0.3, -0.25) is 14.5 Å². The molecule has 0 radical (unpaired) electrons. The monoisotopic (exact) mass is 348 g/mol. The topological polar surface area (TPSA) is 88.1 Å². The van der Waals surface area contributed by atoms with Gasteiger partial charge in [0.25, 0.3) is 0 Å². The number of piperidine rings is 1. The second-order valence-electron chi connectivity index (χ2n) is 6.75. The van der Waals surface area contributed by atoms with E-state index >= 15 is 0 Å². The van der Waals surface area contributed by atoms with Gasteiger partial charge in [0.15, 0.2) is 0 Å². The Morgan fingerprint density at radius 1 is 1.32 bits per heavy atom. The summed E-state index contributed by atoms with van der Waals surface area (Å²) in [5.74, 6) is -0.146. The number of hydrogen-bond acceptors (Lipinski definition) is 5. The summed E-state index contributed by atoms with van der Waals surface area (Å²) in [5.41, 5.74) is 0.466. The molecule has 1 aromatic rings. The van der Waals surface area contributed by atoms with Crippen molar-refractivity contribution in [2.24, 2.45) is 5.92 Å². The van der Waals surface area contributed by atoms with Crippen molar-refractivity contribution < 1.29 is 24.2 Å². The maximum atomic E-state index is 11.7. The van der Waals surface area contributed by atoms with Crippen LogP contribution >= 0.6 is 0 Å². The van der Waals surface area contributed by atoms with Crippen LogP contribution in [0.4, 0.5) is 0 Å². The highest BCUT2D eigenvalue weighted by molar-refractivity contribution is 5.88. The van der Waals surface area contributed by atoms with Crippen LogP contribution in [0.3, 0.4) is 0 Å². The summed E-state index contributed by atoms with van der Waals surface area (Å²) in [6.45, 7) is 2.19. The molecular weight excluding hydrogens is 324 g/mol. The van der Waals surface area contributed by atoms with Gasteiger partial charge in [0.05, 0.1) is 25.7 Å². The third-order valence-corrected chi connectivity index (χ3v) is 5.38. The van der Waals surface area contributed by atoms with Crippen LogP contribution in [0.15, 0.2) is 18.2 Å². The third kappa shape index (κ3) is 3.42. The van der Waals surface area contributed by atoms with Gasteiger partial charge in [0.1, 0.15) is 11.5 Å². The Morgan fingerprint density at radius 2 is 2.04 bits per heavy atom. The molecule has 3 rings (SSSR count). The van der Waals surface area contributed by atoms with Crippen LogP contribution in [0.1, 0.15) is 24.8 Å². The molecule has 0 saturated carbocycles. The van der Waals surface area contributed by atoms with E-state index in [0.29, 0.717) is 12.8 Å². The molecule has 2 heterocycles. The van der Waals surface area contributed by atoms with E-state index in [1.165, 1.54) is 0 Å². The fourth-order valence-electron chi connectivity index (χ4n) is 3.93. The minimum Gasteiger partial charge on any atom is -0.497 e. The average Bonchev–Trinajstić information content (AvgIpc) is 2.93. The van der Waals surface area contributed by atoms with Crippen LogP contribution in [0, 0.1) is 5.92 Å². The molecule has 7 nitrogen and oxygen atoms in total. The first-order valence-electron chi connectivity index (χ1n) is 8.44. The highest BCUT2D eigenvalue weighted by Gasteiger charge is 2.51. The fourth-order valence-corrected chi connectivity index (χ4v) is 3.93. The summed E-state index contributed by atoms with van der Waals surface area (Å²) in [5, 5.41) is 12.4. The van der Waals surface area contributed by atoms with Gasteiger partial charge < -0.3 is 19.9 Å². The van der Waals surface area contributed by atoms with Crippen molar-refractivity contribution in [2.75, 3.05) is 27.3 Å². The number of hydrogen-bond donors (Lipinski definition) is 2. The number of carbonyl (C=O) groups is 2. The normalized spacial score (nSPS) is 22.6. The first kappa shape index (κ1) is 17.5. The lowest BCUT2D eigenvalue weighted by atomic mass is 9.77. The Labute approximate surface area is 146 Å². The molecule has 1 aromatic carbocycles. The second-order valence-corrected chi connectivity index (χ2v) is 6.75. The molecule has 136 valence electrons. The number of likely N-dealkylation sites (tertiary alicyclic amines) is 1. The number of rotatable bonds is 5. The Morgan fingerprint density at radius 3 is 2.64 bits per heavy atom. The average molecular weight is 348 g/mol. The minimum absolute atomic E-state index is 0.0850. The third-order valence-electron chi connectivity index (χ3n) is 5.38. The van der Waals surface area contributed by atoms with Crippen LogP contribution < -0.4 is 14.8 Å². The number of ether oxygens (including phenoxy) is 2. The number of carboxylic acids is 1. The number of nitrogens with one attached hydrogen (secondary N) is 1. The summed E-state index contributed by atoms with van der Waals surface area (Å²) < 4.78 is 10.7. The molecule has 2 N–H and O–H groups in total. The molecule has 1 amide bonds. The van der Waals surface area contributed by atoms with E-state index in [1.807, 2.05) is 18.2 Å². The number of carboxylic acid groups (broad SMARTS) is 1. The lowest BCUT2D eigenvalue weighted by Crippen LogP contribution is -2.55. The van der Waals surface area contributed by atoms with E-state index in [4.69, 9.17) is 9.47 Å². The van der Waals surface area contributed by atoms with Crippen LogP contribution in [0.2, 0.25) is 0 Å². The Bertz CT molecular complexity index is 667. The van der Waals surface area contributed by atoms with E-state index in [0.717, 1.165) is 36.7 Å². The maximum Gasteiger partial charge on any atom is 0.309 e. The standard InChI is InChI=1S/C18H24N2O5/c1-24-13-4-3-12(15(9-13)25-2)11-20-7-5-18(6-8-20)14(17(22)23)10-16(21)19-18/h3-4,9,14H,5-8,10-11H2,1-2H3,(H,19,21)(H,22,23)/t14-/m1/s1. The van der Waals surface area contributed by atoms with Crippen molar-refractivity contribution in [3.8, 4) is 11.5 Å². The quantitative estimate of drug-likeness (QED) is 0.833. The van der Waals surface area contributed by atoms with Gasteiger partial charge in [-0.05, 0) is 18.9 Å². The Balaban J connectivity index is 1.67. The van der Waals surface area contributed by atoms with Gasteiger partial charge in [0.2, 0.25) is 5.91 Å². The SMILES string of the molecule is COc1ccc(CN2CCC3(CC2)NC(=O)C[C@@H]3C(=O)O)c(OC)c1. The highest BCUT2D eigenvalue weighted by Crippen LogP contribution is 2.37. The first-order valence-corrected chi connectivity index (χ1v) is 8.44. The summed E-state index contributed by atoms with van der Waals surface area (Å²) in [6.07, 6.45) is 1.38. The zero-order chi connectivity index (χ0) is 18.0. The Hall–Kier alpha value is -2.28. The van der Waals surface area contributed by atoms with E-state index in [9.17, 15) is 14.7 Å². The lowest BCUT2D eigenvalue weighted by Gasteiger charge is -2.41. The van der Waals surface area contributed by atoms with Gasteiger partial charge >= 0.3 is 5.97 Å². The van der Waals surface area contributed by atoms with Crippen LogP contribution in [-0.4, -0.2) is 54.7 Å².